The van der Waals surface area contributed by atoms with Gasteiger partial charge in [0.1, 0.15) is 0 Å². The van der Waals surface area contributed by atoms with Gasteiger partial charge in [-0.1, -0.05) is 18.2 Å². The molecule has 3 aromatic rings. The van der Waals surface area contributed by atoms with Gasteiger partial charge in [-0.3, -0.25) is 19.4 Å². The number of benzene rings is 2. The Bertz CT molecular complexity index is 1170. The number of anilines is 1. The normalized spacial score (nSPS) is 16.0. The van der Waals surface area contributed by atoms with Gasteiger partial charge in [0.05, 0.1) is 12.6 Å². The van der Waals surface area contributed by atoms with Crippen molar-refractivity contribution in [3.63, 3.8) is 0 Å². The SMILES string of the molecule is CCn1c2ccccc2c2cc(NC(=O)C(C)N3CCN(CC(=O)NCCCOC)CC3)ccc21. The standard InChI is InChI=1S/C27H37N5O3/c1-4-32-24-9-6-5-8-22(24)23-18-21(10-11-25(23)32)29-27(34)20(2)31-15-13-30(14-16-31)19-26(33)28-12-7-17-35-3/h5-6,8-11,18,20H,4,7,12-17,19H2,1-3H3,(H,28,33)(H,29,34). The molecule has 1 aromatic heterocycles. The van der Waals surface area contributed by atoms with E-state index < -0.39 is 0 Å². The maximum absolute atomic E-state index is 13.1. The van der Waals surface area contributed by atoms with Gasteiger partial charge in [-0.25, -0.2) is 0 Å². The summed E-state index contributed by atoms with van der Waals surface area (Å²) in [6.45, 7) is 9.73. The minimum Gasteiger partial charge on any atom is -0.385 e. The molecule has 2 heterocycles. The van der Waals surface area contributed by atoms with Crippen LogP contribution in [0.15, 0.2) is 42.5 Å². The van der Waals surface area contributed by atoms with Gasteiger partial charge in [0.25, 0.3) is 0 Å². The summed E-state index contributed by atoms with van der Waals surface area (Å²) in [4.78, 5) is 29.5. The van der Waals surface area contributed by atoms with E-state index in [1.807, 2.05) is 13.0 Å². The Labute approximate surface area is 207 Å². The Morgan fingerprint density at radius 1 is 1.03 bits per heavy atom. The van der Waals surface area contributed by atoms with Crippen molar-refractivity contribution >= 4 is 39.3 Å². The third kappa shape index (κ3) is 5.83. The minimum absolute atomic E-state index is 0.00656. The fraction of sp³-hybridized carbons (Fsp3) is 0.481. The first-order chi connectivity index (χ1) is 17.0. The van der Waals surface area contributed by atoms with Crippen molar-refractivity contribution in [3.05, 3.63) is 42.5 Å². The fourth-order valence-electron chi connectivity index (χ4n) is 4.90. The molecule has 1 fully saturated rings. The summed E-state index contributed by atoms with van der Waals surface area (Å²) >= 11 is 0. The number of carbonyl (C=O) groups excluding carboxylic acids is 2. The number of methoxy groups -OCH3 is 1. The molecule has 1 saturated heterocycles. The molecule has 0 spiro atoms. The van der Waals surface area contributed by atoms with E-state index in [-0.39, 0.29) is 17.9 Å². The lowest BCUT2D eigenvalue weighted by atomic mass is 10.1. The van der Waals surface area contributed by atoms with E-state index in [4.69, 9.17) is 4.74 Å². The second kappa shape index (κ2) is 11.7. The number of aromatic nitrogens is 1. The first-order valence-corrected chi connectivity index (χ1v) is 12.6. The molecule has 1 aliphatic heterocycles. The van der Waals surface area contributed by atoms with Crippen molar-refractivity contribution in [2.45, 2.75) is 32.9 Å². The Balaban J connectivity index is 1.32. The highest BCUT2D eigenvalue weighted by molar-refractivity contribution is 6.10. The van der Waals surface area contributed by atoms with E-state index in [1.165, 1.54) is 16.4 Å². The molecule has 0 aliphatic carbocycles. The molecule has 2 amide bonds. The second-order valence-electron chi connectivity index (χ2n) is 9.17. The Hall–Kier alpha value is -2.94. The van der Waals surface area contributed by atoms with Gasteiger partial charge < -0.3 is 19.9 Å². The molecular formula is C27H37N5O3. The van der Waals surface area contributed by atoms with Crippen molar-refractivity contribution in [1.29, 1.82) is 0 Å². The third-order valence-electron chi connectivity index (χ3n) is 6.90. The first-order valence-electron chi connectivity index (χ1n) is 12.6. The zero-order chi connectivity index (χ0) is 24.8. The average molecular weight is 480 g/mol. The molecule has 0 radical (unpaired) electrons. The van der Waals surface area contributed by atoms with E-state index in [0.717, 1.165) is 50.2 Å². The lowest BCUT2D eigenvalue weighted by Crippen LogP contribution is -2.54. The van der Waals surface area contributed by atoms with Crippen molar-refractivity contribution in [2.75, 3.05) is 58.3 Å². The van der Waals surface area contributed by atoms with Crippen LogP contribution < -0.4 is 10.6 Å². The van der Waals surface area contributed by atoms with Gasteiger partial charge in [-0.2, -0.15) is 0 Å². The molecule has 1 aliphatic rings. The van der Waals surface area contributed by atoms with E-state index in [9.17, 15) is 9.59 Å². The summed E-state index contributed by atoms with van der Waals surface area (Å²) in [5.74, 6) is 0.0353. The highest BCUT2D eigenvalue weighted by Crippen LogP contribution is 2.31. The van der Waals surface area contributed by atoms with Gasteiger partial charge in [0.2, 0.25) is 11.8 Å². The van der Waals surface area contributed by atoms with Crippen LogP contribution in [0.4, 0.5) is 5.69 Å². The van der Waals surface area contributed by atoms with Gasteiger partial charge in [-0.05, 0) is 44.5 Å². The van der Waals surface area contributed by atoms with E-state index >= 15 is 0 Å². The zero-order valence-electron chi connectivity index (χ0n) is 21.0. The minimum atomic E-state index is -0.243. The van der Waals surface area contributed by atoms with Crippen molar-refractivity contribution in [3.8, 4) is 0 Å². The van der Waals surface area contributed by atoms with Crippen LogP contribution in [0.3, 0.4) is 0 Å². The van der Waals surface area contributed by atoms with Crippen LogP contribution in [-0.2, 0) is 20.9 Å². The molecule has 0 saturated carbocycles. The van der Waals surface area contributed by atoms with Gasteiger partial charge in [-0.15, -0.1) is 0 Å². The Morgan fingerprint density at radius 3 is 2.51 bits per heavy atom. The predicted molar refractivity (Wildman–Crippen MR) is 141 cm³/mol. The number of fused-ring (bicyclic) bond motifs is 3. The second-order valence-corrected chi connectivity index (χ2v) is 9.17. The molecule has 0 bridgehead atoms. The molecule has 2 N–H and O–H groups in total. The highest BCUT2D eigenvalue weighted by atomic mass is 16.5. The quantitative estimate of drug-likeness (QED) is 0.437. The van der Waals surface area contributed by atoms with Crippen LogP contribution in [-0.4, -0.2) is 85.2 Å². The number of hydrogen-bond acceptors (Lipinski definition) is 5. The zero-order valence-corrected chi connectivity index (χ0v) is 21.0. The summed E-state index contributed by atoms with van der Waals surface area (Å²) in [5, 5.41) is 8.41. The van der Waals surface area contributed by atoms with Crippen LogP contribution in [0.5, 0.6) is 0 Å². The molecule has 1 atom stereocenters. The average Bonchev–Trinajstić information content (AvgIpc) is 3.19. The number of piperazine rings is 1. The topological polar surface area (TPSA) is 78.8 Å². The van der Waals surface area contributed by atoms with Gasteiger partial charge in [0, 0.05) is 80.5 Å². The molecule has 2 aromatic carbocycles. The molecule has 8 heteroatoms. The summed E-state index contributed by atoms with van der Waals surface area (Å²) in [5.41, 5.74) is 3.21. The van der Waals surface area contributed by atoms with Crippen molar-refractivity contribution in [1.82, 2.24) is 19.7 Å². The van der Waals surface area contributed by atoms with Crippen LogP contribution in [0.1, 0.15) is 20.3 Å². The van der Waals surface area contributed by atoms with Gasteiger partial charge >= 0.3 is 0 Å². The largest absolute Gasteiger partial charge is 0.385 e. The van der Waals surface area contributed by atoms with E-state index in [1.54, 1.807) is 7.11 Å². The number of rotatable bonds is 10. The monoisotopic (exact) mass is 479 g/mol. The number of amides is 2. The Morgan fingerprint density at radius 2 is 1.77 bits per heavy atom. The first kappa shape index (κ1) is 25.2. The molecule has 188 valence electrons. The number of nitrogens with zero attached hydrogens (tertiary/aromatic N) is 3. The molecule has 1 unspecified atom stereocenters. The summed E-state index contributed by atoms with van der Waals surface area (Å²) in [7, 11) is 1.66. The van der Waals surface area contributed by atoms with Crippen molar-refractivity contribution in [2.24, 2.45) is 0 Å². The number of hydrogen-bond donors (Lipinski definition) is 2. The predicted octanol–water partition coefficient (Wildman–Crippen LogP) is 2.91. The lowest BCUT2D eigenvalue weighted by molar-refractivity contribution is -0.124. The van der Waals surface area contributed by atoms with Crippen molar-refractivity contribution < 1.29 is 14.3 Å². The van der Waals surface area contributed by atoms with E-state index in [2.05, 4.69) is 68.3 Å². The Kier molecular flexibility index (Phi) is 8.38. The van der Waals surface area contributed by atoms with E-state index in [0.29, 0.717) is 19.7 Å². The van der Waals surface area contributed by atoms with Crippen LogP contribution >= 0.6 is 0 Å². The summed E-state index contributed by atoms with van der Waals surface area (Å²) in [6, 6.07) is 14.3. The number of aryl methyl sites for hydroxylation is 1. The molecular weight excluding hydrogens is 442 g/mol. The van der Waals surface area contributed by atoms with Crippen LogP contribution in [0, 0.1) is 0 Å². The smallest absolute Gasteiger partial charge is 0.241 e. The number of nitrogens with one attached hydrogen (secondary N) is 2. The third-order valence-corrected chi connectivity index (χ3v) is 6.90. The lowest BCUT2D eigenvalue weighted by Gasteiger charge is -2.37. The fourth-order valence-corrected chi connectivity index (χ4v) is 4.90. The van der Waals surface area contributed by atoms with Crippen LogP contribution in [0.25, 0.3) is 21.8 Å². The highest BCUT2D eigenvalue weighted by Gasteiger charge is 2.26. The molecule has 8 nitrogen and oxygen atoms in total. The van der Waals surface area contributed by atoms with Gasteiger partial charge in [0.15, 0.2) is 0 Å². The number of carbonyl (C=O) groups is 2. The number of para-hydroxylation sites is 1. The van der Waals surface area contributed by atoms with Crippen LogP contribution in [0.2, 0.25) is 0 Å². The molecule has 4 rings (SSSR count). The summed E-state index contributed by atoms with van der Waals surface area (Å²) < 4.78 is 7.31. The molecule has 35 heavy (non-hydrogen) atoms. The maximum Gasteiger partial charge on any atom is 0.241 e. The maximum atomic E-state index is 13.1. The number of ether oxygens (including phenoxy) is 1. The summed E-state index contributed by atoms with van der Waals surface area (Å²) in [6.07, 6.45) is 0.816.